The number of allylic oxidation sites excluding steroid dienone is 1. The number of hydrogen-bond acceptors (Lipinski definition) is 3. The first-order valence-electron chi connectivity index (χ1n) is 12.7. The molecule has 0 saturated heterocycles. The Morgan fingerprint density at radius 1 is 0.730 bits per heavy atom. The summed E-state index contributed by atoms with van der Waals surface area (Å²) in [7, 11) is 0. The highest BCUT2D eigenvalue weighted by molar-refractivity contribution is 7.25. The quantitative estimate of drug-likeness (QED) is 0.241. The first-order chi connectivity index (χ1) is 18.2. The van der Waals surface area contributed by atoms with Crippen molar-refractivity contribution in [3.63, 3.8) is 0 Å². The van der Waals surface area contributed by atoms with Crippen LogP contribution in [0.4, 0.5) is 0 Å². The van der Waals surface area contributed by atoms with Gasteiger partial charge in [-0.05, 0) is 54.0 Å². The summed E-state index contributed by atoms with van der Waals surface area (Å²) in [4.78, 5) is 11.2. The van der Waals surface area contributed by atoms with Crippen molar-refractivity contribution >= 4 is 65.2 Å². The molecule has 4 aromatic carbocycles. The molecule has 0 N–H and O–H groups in total. The van der Waals surface area contributed by atoms with E-state index in [1.165, 1.54) is 48.7 Å². The molecule has 0 saturated carbocycles. The van der Waals surface area contributed by atoms with Crippen LogP contribution in [-0.2, 0) is 0 Å². The summed E-state index contributed by atoms with van der Waals surface area (Å²) < 4.78 is 3.61. The molecule has 0 aliphatic heterocycles. The molecule has 0 amide bonds. The fourth-order valence-corrected chi connectivity index (χ4v) is 6.92. The van der Waals surface area contributed by atoms with Crippen molar-refractivity contribution in [1.82, 2.24) is 14.5 Å². The van der Waals surface area contributed by atoms with Gasteiger partial charge in [0.2, 0.25) is 0 Å². The summed E-state index contributed by atoms with van der Waals surface area (Å²) in [5.41, 5.74) is 9.39. The topological polar surface area (TPSA) is 30.7 Å². The third kappa shape index (κ3) is 3.12. The smallest absolute Gasteiger partial charge is 0.143 e. The number of thiophene rings is 1. The van der Waals surface area contributed by atoms with Gasteiger partial charge in [0.15, 0.2) is 0 Å². The molecule has 0 spiro atoms. The summed E-state index contributed by atoms with van der Waals surface area (Å²) in [6.07, 6.45) is 3.21. The van der Waals surface area contributed by atoms with Gasteiger partial charge in [-0.2, -0.15) is 0 Å². The molecule has 7 aromatic rings. The number of rotatable bonds is 2. The zero-order chi connectivity index (χ0) is 24.5. The Balaban J connectivity index is 1.23. The predicted octanol–water partition coefficient (Wildman–Crippen LogP) is 8.99. The minimum Gasteiger partial charge on any atom is -0.309 e. The van der Waals surface area contributed by atoms with Crippen LogP contribution in [0.1, 0.15) is 36.2 Å². The van der Waals surface area contributed by atoms with E-state index in [9.17, 15) is 0 Å². The Hall–Kier alpha value is -4.28. The Labute approximate surface area is 218 Å². The van der Waals surface area contributed by atoms with Crippen LogP contribution in [0.15, 0.2) is 97.1 Å². The lowest BCUT2D eigenvalue weighted by atomic mass is 9.86. The SMILES string of the molecule is CC1CC(c2ccc(-n3c4ccccc4c4ccccc43)cc2)=Cc2nc3sc4ccccc4c3nc21. The number of para-hydroxylation sites is 2. The van der Waals surface area contributed by atoms with Gasteiger partial charge in [0.1, 0.15) is 10.3 Å². The third-order valence-electron chi connectivity index (χ3n) is 7.65. The van der Waals surface area contributed by atoms with Crippen LogP contribution in [0.3, 0.4) is 0 Å². The normalized spacial score (nSPS) is 15.5. The van der Waals surface area contributed by atoms with Crippen LogP contribution in [-0.4, -0.2) is 14.5 Å². The van der Waals surface area contributed by atoms with Gasteiger partial charge in [-0.25, -0.2) is 9.97 Å². The van der Waals surface area contributed by atoms with Gasteiger partial charge in [0.25, 0.3) is 0 Å². The Kier molecular flexibility index (Phi) is 4.43. The maximum absolute atomic E-state index is 5.12. The van der Waals surface area contributed by atoms with Gasteiger partial charge >= 0.3 is 0 Å². The van der Waals surface area contributed by atoms with Gasteiger partial charge < -0.3 is 4.57 Å². The lowest BCUT2D eigenvalue weighted by Gasteiger charge is -2.21. The fraction of sp³-hybridized carbons (Fsp3) is 0.0909. The standard InChI is InChI=1S/C33H23N3S/c1-20-18-22(19-27-31(20)35-32-26-10-4-7-13-30(26)37-33(32)34-27)21-14-16-23(17-15-21)36-28-11-5-2-8-24(28)25-9-3-6-12-29(25)36/h2-17,19-20H,18H2,1H3. The highest BCUT2D eigenvalue weighted by Gasteiger charge is 2.23. The predicted molar refractivity (Wildman–Crippen MR) is 157 cm³/mol. The Morgan fingerprint density at radius 3 is 2.11 bits per heavy atom. The molecule has 1 atom stereocenters. The summed E-state index contributed by atoms with van der Waals surface area (Å²) in [5, 5.41) is 3.78. The molecule has 0 fully saturated rings. The van der Waals surface area contributed by atoms with Crippen LogP contribution in [0.2, 0.25) is 0 Å². The average Bonchev–Trinajstić information content (AvgIpc) is 3.47. The van der Waals surface area contributed by atoms with Gasteiger partial charge in [-0.15, -0.1) is 11.3 Å². The molecule has 3 aromatic heterocycles. The summed E-state index contributed by atoms with van der Waals surface area (Å²) in [6.45, 7) is 2.27. The van der Waals surface area contributed by atoms with Crippen molar-refractivity contribution in [3.8, 4) is 5.69 Å². The van der Waals surface area contributed by atoms with Crippen molar-refractivity contribution in [2.45, 2.75) is 19.3 Å². The van der Waals surface area contributed by atoms with E-state index in [1.54, 1.807) is 11.3 Å². The first-order valence-corrected chi connectivity index (χ1v) is 13.5. The van der Waals surface area contributed by atoms with E-state index in [0.29, 0.717) is 5.92 Å². The van der Waals surface area contributed by atoms with Gasteiger partial charge in [0.05, 0.1) is 22.4 Å². The molecular weight excluding hydrogens is 470 g/mol. The van der Waals surface area contributed by atoms with Crippen molar-refractivity contribution in [1.29, 1.82) is 0 Å². The largest absolute Gasteiger partial charge is 0.309 e. The molecule has 1 aliphatic rings. The summed E-state index contributed by atoms with van der Waals surface area (Å²) >= 11 is 1.73. The molecule has 0 bridgehead atoms. The molecular formula is C33H23N3S. The van der Waals surface area contributed by atoms with E-state index in [2.05, 4.69) is 115 Å². The molecule has 0 radical (unpaired) electrons. The lowest BCUT2D eigenvalue weighted by molar-refractivity contribution is 0.748. The van der Waals surface area contributed by atoms with E-state index in [0.717, 1.165) is 28.2 Å². The minimum absolute atomic E-state index is 0.322. The summed E-state index contributed by atoms with van der Waals surface area (Å²) in [6, 6.07) is 34.8. The van der Waals surface area contributed by atoms with Crippen LogP contribution in [0, 0.1) is 0 Å². The maximum atomic E-state index is 5.12. The average molecular weight is 494 g/mol. The molecule has 3 heterocycles. The van der Waals surface area contributed by atoms with Crippen LogP contribution < -0.4 is 0 Å². The number of benzene rings is 4. The molecule has 3 nitrogen and oxygen atoms in total. The van der Waals surface area contributed by atoms with Crippen molar-refractivity contribution in [2.75, 3.05) is 0 Å². The molecule has 176 valence electrons. The molecule has 1 unspecified atom stereocenters. The maximum Gasteiger partial charge on any atom is 0.143 e. The van der Waals surface area contributed by atoms with Gasteiger partial charge in [-0.3, -0.25) is 0 Å². The molecule has 4 heteroatoms. The van der Waals surface area contributed by atoms with E-state index in [1.807, 2.05) is 0 Å². The van der Waals surface area contributed by atoms with E-state index < -0.39 is 0 Å². The van der Waals surface area contributed by atoms with E-state index >= 15 is 0 Å². The fourth-order valence-electron chi connectivity index (χ4n) is 5.89. The second-order valence-corrected chi connectivity index (χ2v) is 11.0. The number of fused-ring (bicyclic) bond motifs is 7. The van der Waals surface area contributed by atoms with Crippen LogP contribution in [0.25, 0.3) is 59.6 Å². The zero-order valence-electron chi connectivity index (χ0n) is 20.3. The van der Waals surface area contributed by atoms with Crippen molar-refractivity contribution in [2.24, 2.45) is 0 Å². The monoisotopic (exact) mass is 493 g/mol. The summed E-state index contributed by atoms with van der Waals surface area (Å²) in [5.74, 6) is 0.322. The highest BCUT2D eigenvalue weighted by Crippen LogP contribution is 2.40. The third-order valence-corrected chi connectivity index (χ3v) is 8.70. The van der Waals surface area contributed by atoms with E-state index in [4.69, 9.17) is 9.97 Å². The van der Waals surface area contributed by atoms with Crippen LogP contribution in [0.5, 0.6) is 0 Å². The zero-order valence-corrected chi connectivity index (χ0v) is 21.2. The molecule has 1 aliphatic carbocycles. The Morgan fingerprint density at radius 2 is 1.38 bits per heavy atom. The van der Waals surface area contributed by atoms with Gasteiger partial charge in [0, 0.05) is 32.5 Å². The lowest BCUT2D eigenvalue weighted by Crippen LogP contribution is -2.08. The second-order valence-electron chi connectivity index (χ2n) is 9.94. The minimum atomic E-state index is 0.322. The number of aromatic nitrogens is 3. The van der Waals surface area contributed by atoms with Crippen molar-refractivity contribution < 1.29 is 0 Å². The van der Waals surface area contributed by atoms with E-state index in [-0.39, 0.29) is 0 Å². The molecule has 37 heavy (non-hydrogen) atoms. The number of nitrogens with zero attached hydrogens (tertiary/aromatic N) is 3. The Bertz CT molecular complexity index is 1970. The second kappa shape index (κ2) is 7.86. The van der Waals surface area contributed by atoms with Crippen LogP contribution >= 0.6 is 11.3 Å². The van der Waals surface area contributed by atoms with Crippen molar-refractivity contribution in [3.05, 3.63) is 114 Å². The highest BCUT2D eigenvalue weighted by atomic mass is 32.1. The number of hydrogen-bond donors (Lipinski definition) is 0. The first kappa shape index (κ1) is 20.9. The van der Waals surface area contributed by atoms with Gasteiger partial charge in [-0.1, -0.05) is 73.7 Å². The molecule has 8 rings (SSSR count).